The quantitative estimate of drug-likeness (QED) is 0.495. The van der Waals surface area contributed by atoms with E-state index in [4.69, 9.17) is 11.6 Å². The molecule has 0 unspecified atom stereocenters. The highest BCUT2D eigenvalue weighted by Crippen LogP contribution is 2.20. The Hall–Kier alpha value is -1.95. The predicted octanol–water partition coefficient (Wildman–Crippen LogP) is 2.76. The summed E-state index contributed by atoms with van der Waals surface area (Å²) in [5.74, 6) is 0.237. The minimum absolute atomic E-state index is 0.112. The van der Waals surface area contributed by atoms with E-state index in [1.165, 1.54) is 16.7 Å². The third-order valence-corrected chi connectivity index (χ3v) is 3.31. The molecule has 0 amide bonds. The summed E-state index contributed by atoms with van der Waals surface area (Å²) >= 11 is 6.05. The van der Waals surface area contributed by atoms with Crippen molar-refractivity contribution in [3.05, 3.63) is 49.0 Å². The second-order valence-corrected chi connectivity index (χ2v) is 5.47. The van der Waals surface area contributed by atoms with Gasteiger partial charge in [0.05, 0.1) is 16.7 Å². The second-order valence-electron chi connectivity index (χ2n) is 5.11. The number of hydrogen-bond donors (Lipinski definition) is 0. The molecule has 0 radical (unpaired) electrons. The molecule has 2 aromatic heterocycles. The summed E-state index contributed by atoms with van der Waals surface area (Å²) in [6.45, 7) is 5.52. The number of rotatable bonds is 3. The molecule has 0 bridgehead atoms. The number of hydrogen-bond acceptors (Lipinski definition) is 4. The maximum atomic E-state index is 12.4. The molecule has 0 aliphatic rings. The van der Waals surface area contributed by atoms with Crippen molar-refractivity contribution >= 4 is 22.9 Å². The topological polar surface area (TPSA) is 77.5 Å². The summed E-state index contributed by atoms with van der Waals surface area (Å²) in [5.41, 5.74) is 0.679. The summed E-state index contributed by atoms with van der Waals surface area (Å²) in [5, 5.41) is 11.1. The summed E-state index contributed by atoms with van der Waals surface area (Å²) in [6.07, 6.45) is 1.69. The Morgan fingerprint density at radius 3 is 2.70 bits per heavy atom. The first kappa shape index (κ1) is 14.5. The third-order valence-electron chi connectivity index (χ3n) is 3.00. The lowest BCUT2D eigenvalue weighted by Crippen LogP contribution is -2.22. The minimum Gasteiger partial charge on any atom is -0.269 e. The van der Waals surface area contributed by atoms with Crippen LogP contribution in [0, 0.1) is 23.0 Å². The fraction of sp³-hybridized carbons (Fsp3) is 0.385. The summed E-state index contributed by atoms with van der Waals surface area (Å²) < 4.78 is 1.19. The first-order chi connectivity index (χ1) is 9.31. The zero-order chi connectivity index (χ0) is 15.0. The molecule has 0 aromatic carbocycles. The van der Waals surface area contributed by atoms with E-state index in [0.717, 1.165) is 0 Å². The molecule has 0 spiro atoms. The number of halogens is 1. The molecule has 0 atom stereocenters. The highest BCUT2D eigenvalue weighted by molar-refractivity contribution is 6.30. The van der Waals surface area contributed by atoms with Gasteiger partial charge in [-0.1, -0.05) is 25.4 Å². The maximum Gasteiger partial charge on any atom is 0.289 e. The van der Waals surface area contributed by atoms with Crippen molar-refractivity contribution in [1.82, 2.24) is 9.38 Å². The molecule has 0 fully saturated rings. The molecular weight excluding hydrogens is 282 g/mol. The van der Waals surface area contributed by atoms with Crippen molar-refractivity contribution in [3.8, 4) is 0 Å². The average Bonchev–Trinajstić information content (AvgIpc) is 2.33. The Morgan fingerprint density at radius 1 is 1.50 bits per heavy atom. The molecule has 0 saturated carbocycles. The zero-order valence-electron chi connectivity index (χ0n) is 11.4. The summed E-state index contributed by atoms with van der Waals surface area (Å²) in [6, 6.07) is 1.49. The van der Waals surface area contributed by atoms with Gasteiger partial charge in [-0.05, 0) is 25.3 Å². The van der Waals surface area contributed by atoms with Gasteiger partial charge < -0.3 is 0 Å². The van der Waals surface area contributed by atoms with Crippen LogP contribution in [-0.4, -0.2) is 14.3 Å². The maximum absolute atomic E-state index is 12.4. The van der Waals surface area contributed by atoms with Crippen LogP contribution in [0.4, 0.5) is 5.69 Å². The van der Waals surface area contributed by atoms with Crippen LogP contribution in [0.15, 0.2) is 17.1 Å². The van der Waals surface area contributed by atoms with Gasteiger partial charge in [-0.15, -0.1) is 0 Å². The van der Waals surface area contributed by atoms with Crippen LogP contribution in [0.1, 0.15) is 25.0 Å². The average molecular weight is 296 g/mol. The molecule has 6 nitrogen and oxygen atoms in total. The molecule has 20 heavy (non-hydrogen) atoms. The van der Waals surface area contributed by atoms with E-state index in [9.17, 15) is 14.9 Å². The van der Waals surface area contributed by atoms with E-state index in [0.29, 0.717) is 23.2 Å². The normalized spacial score (nSPS) is 11.2. The van der Waals surface area contributed by atoms with Crippen molar-refractivity contribution in [2.75, 3.05) is 0 Å². The number of pyridine rings is 1. The Balaban J connectivity index is 2.79. The number of aryl methyl sites for hydroxylation is 1. The largest absolute Gasteiger partial charge is 0.289 e. The highest BCUT2D eigenvalue weighted by Gasteiger charge is 2.17. The minimum atomic E-state index is -0.516. The lowest BCUT2D eigenvalue weighted by atomic mass is 10.1. The standard InChI is InChI=1S/C13H14ClN3O3/c1-7(2)4-9-12(14)15-11-5-8(3)10(17(19)20)6-16(11)13(9)18/h5-7H,4H2,1-3H3. The number of fused-ring (bicyclic) bond motifs is 1. The molecule has 2 rings (SSSR count). The molecule has 106 valence electrons. The van der Waals surface area contributed by atoms with Crippen LogP contribution in [-0.2, 0) is 6.42 Å². The molecule has 2 aromatic rings. The Bertz CT molecular complexity index is 753. The van der Waals surface area contributed by atoms with Crippen molar-refractivity contribution in [2.45, 2.75) is 27.2 Å². The van der Waals surface area contributed by atoms with Crippen molar-refractivity contribution < 1.29 is 4.92 Å². The van der Waals surface area contributed by atoms with Gasteiger partial charge in [0.15, 0.2) is 0 Å². The van der Waals surface area contributed by atoms with Crippen LogP contribution in [0.5, 0.6) is 0 Å². The van der Waals surface area contributed by atoms with Crippen LogP contribution < -0.4 is 5.56 Å². The van der Waals surface area contributed by atoms with Crippen LogP contribution >= 0.6 is 11.6 Å². The highest BCUT2D eigenvalue weighted by atomic mass is 35.5. The van der Waals surface area contributed by atoms with Gasteiger partial charge in [0.25, 0.3) is 11.2 Å². The number of nitro groups is 1. The van der Waals surface area contributed by atoms with Gasteiger partial charge in [-0.25, -0.2) is 4.98 Å². The van der Waals surface area contributed by atoms with Crippen molar-refractivity contribution in [1.29, 1.82) is 0 Å². The van der Waals surface area contributed by atoms with Gasteiger partial charge in [-0.2, -0.15) is 0 Å². The van der Waals surface area contributed by atoms with Crippen LogP contribution in [0.25, 0.3) is 5.65 Å². The van der Waals surface area contributed by atoms with E-state index in [1.807, 2.05) is 13.8 Å². The summed E-state index contributed by atoms with van der Waals surface area (Å²) in [4.78, 5) is 27.0. The Labute approximate surface area is 120 Å². The van der Waals surface area contributed by atoms with E-state index in [2.05, 4.69) is 4.98 Å². The second kappa shape index (κ2) is 5.20. The van der Waals surface area contributed by atoms with Gasteiger partial charge in [-0.3, -0.25) is 19.3 Å². The van der Waals surface area contributed by atoms with E-state index < -0.39 is 4.92 Å². The van der Waals surface area contributed by atoms with Crippen LogP contribution in [0.2, 0.25) is 5.15 Å². The molecule has 0 saturated heterocycles. The zero-order valence-corrected chi connectivity index (χ0v) is 12.1. The predicted molar refractivity (Wildman–Crippen MR) is 76.4 cm³/mol. The molecular formula is C13H14ClN3O3. The molecule has 0 N–H and O–H groups in total. The van der Waals surface area contributed by atoms with Gasteiger partial charge in [0, 0.05) is 5.56 Å². The number of aromatic nitrogens is 2. The van der Waals surface area contributed by atoms with E-state index in [-0.39, 0.29) is 22.3 Å². The van der Waals surface area contributed by atoms with Gasteiger partial charge >= 0.3 is 0 Å². The number of nitrogens with zero attached hydrogens (tertiary/aromatic N) is 3. The van der Waals surface area contributed by atoms with Gasteiger partial charge in [0.1, 0.15) is 10.8 Å². The summed E-state index contributed by atoms with van der Waals surface area (Å²) in [7, 11) is 0. The first-order valence-corrected chi connectivity index (χ1v) is 6.54. The molecule has 0 aliphatic carbocycles. The van der Waals surface area contributed by atoms with E-state index in [1.54, 1.807) is 6.92 Å². The SMILES string of the molecule is Cc1cc2nc(Cl)c(CC(C)C)c(=O)n2cc1[N+](=O)[O-]. The van der Waals surface area contributed by atoms with Gasteiger partial charge in [0.2, 0.25) is 0 Å². The lowest BCUT2D eigenvalue weighted by molar-refractivity contribution is -0.385. The monoisotopic (exact) mass is 295 g/mol. The van der Waals surface area contributed by atoms with Crippen molar-refractivity contribution in [3.63, 3.8) is 0 Å². The van der Waals surface area contributed by atoms with E-state index >= 15 is 0 Å². The Morgan fingerprint density at radius 2 is 2.15 bits per heavy atom. The van der Waals surface area contributed by atoms with Crippen LogP contribution in [0.3, 0.4) is 0 Å². The molecule has 7 heteroatoms. The smallest absolute Gasteiger partial charge is 0.269 e. The third kappa shape index (κ3) is 2.51. The fourth-order valence-corrected chi connectivity index (χ4v) is 2.29. The fourth-order valence-electron chi connectivity index (χ4n) is 2.05. The molecule has 0 aliphatic heterocycles. The first-order valence-electron chi connectivity index (χ1n) is 6.17. The lowest BCUT2D eigenvalue weighted by Gasteiger charge is -2.09. The molecule has 2 heterocycles. The Kier molecular flexibility index (Phi) is 3.76. The van der Waals surface area contributed by atoms with Crippen molar-refractivity contribution in [2.24, 2.45) is 5.92 Å².